The Hall–Kier alpha value is -1.70. The van der Waals surface area contributed by atoms with Crippen molar-refractivity contribution in [1.29, 1.82) is 0 Å². The van der Waals surface area contributed by atoms with Crippen LogP contribution in [0.1, 0.15) is 21.2 Å². The fourth-order valence-electron chi connectivity index (χ4n) is 1.10. The zero-order valence-electron chi connectivity index (χ0n) is 8.21. The third-order valence-electron chi connectivity index (χ3n) is 1.77. The second kappa shape index (κ2) is 3.81. The fraction of sp³-hybridized carbons (Fsp3) is 0.429. The van der Waals surface area contributed by atoms with Crippen LogP contribution in [-0.4, -0.2) is 35.6 Å². The van der Waals surface area contributed by atoms with Gasteiger partial charge in [-0.2, -0.15) is 4.80 Å². The minimum Gasteiger partial charge on any atom is -0.293 e. The molecular formula is C7H8N6OS. The Kier molecular flexibility index (Phi) is 2.50. The van der Waals surface area contributed by atoms with Crippen LogP contribution >= 0.6 is 11.5 Å². The van der Waals surface area contributed by atoms with E-state index in [9.17, 15) is 4.79 Å². The van der Waals surface area contributed by atoms with E-state index in [-0.39, 0.29) is 12.2 Å². The van der Waals surface area contributed by atoms with Gasteiger partial charge in [-0.25, -0.2) is 0 Å². The Balaban J connectivity index is 2.14. The van der Waals surface area contributed by atoms with Crippen molar-refractivity contribution in [2.45, 2.75) is 13.3 Å². The normalized spacial score (nSPS) is 10.5. The molecule has 7 nitrogen and oxygen atoms in total. The summed E-state index contributed by atoms with van der Waals surface area (Å²) in [5.74, 6) is 0.339. The lowest BCUT2D eigenvalue weighted by Gasteiger charge is -1.92. The largest absolute Gasteiger partial charge is 0.293 e. The summed E-state index contributed by atoms with van der Waals surface area (Å²) in [7, 11) is 1.65. The number of hydrogen-bond donors (Lipinski definition) is 0. The second-order valence-corrected chi connectivity index (χ2v) is 3.74. The first-order valence-electron chi connectivity index (χ1n) is 4.22. The molecule has 0 N–H and O–H groups in total. The Morgan fingerprint density at radius 2 is 2.27 bits per heavy atom. The highest BCUT2D eigenvalue weighted by molar-refractivity contribution is 7.08. The van der Waals surface area contributed by atoms with Crippen molar-refractivity contribution < 1.29 is 4.79 Å². The summed E-state index contributed by atoms with van der Waals surface area (Å²) in [6.07, 6.45) is 0.137. The molecule has 0 saturated carbocycles. The standard InChI is InChI=1S/C7H8N6OS/c1-4-7(15-12-8-4)5(14)3-6-9-11-13(2)10-6/h3H2,1-2H3. The van der Waals surface area contributed by atoms with E-state index in [2.05, 4.69) is 25.0 Å². The predicted molar refractivity (Wildman–Crippen MR) is 51.5 cm³/mol. The maximum absolute atomic E-state index is 11.7. The molecule has 0 spiro atoms. The molecule has 2 heterocycles. The third-order valence-corrected chi connectivity index (χ3v) is 2.64. The third kappa shape index (κ3) is 2.04. The minimum absolute atomic E-state index is 0.0736. The SMILES string of the molecule is Cc1nnsc1C(=O)Cc1nnn(C)n1. The van der Waals surface area contributed by atoms with Crippen molar-refractivity contribution in [3.63, 3.8) is 0 Å². The predicted octanol–water partition coefficient (Wildman–Crippen LogP) is -0.205. The highest BCUT2D eigenvalue weighted by Crippen LogP contribution is 2.11. The molecule has 0 fully saturated rings. The van der Waals surface area contributed by atoms with Gasteiger partial charge in [0.1, 0.15) is 4.88 Å². The summed E-state index contributed by atoms with van der Waals surface area (Å²) in [6.45, 7) is 1.75. The van der Waals surface area contributed by atoms with Crippen LogP contribution in [0.3, 0.4) is 0 Å². The lowest BCUT2D eigenvalue weighted by Crippen LogP contribution is -2.05. The molecule has 0 amide bonds. The average molecular weight is 224 g/mol. The first kappa shape index (κ1) is 9.84. The first-order valence-corrected chi connectivity index (χ1v) is 4.99. The molecular weight excluding hydrogens is 216 g/mol. The van der Waals surface area contributed by atoms with E-state index in [4.69, 9.17) is 0 Å². The molecule has 0 aliphatic rings. The Bertz CT molecular complexity index is 489. The van der Waals surface area contributed by atoms with Gasteiger partial charge in [0.15, 0.2) is 11.6 Å². The van der Waals surface area contributed by atoms with Gasteiger partial charge in [-0.1, -0.05) is 4.49 Å². The van der Waals surface area contributed by atoms with Gasteiger partial charge in [-0.15, -0.1) is 15.3 Å². The molecule has 78 valence electrons. The number of carbonyl (C=O) groups excluding carboxylic acids is 1. The van der Waals surface area contributed by atoms with Gasteiger partial charge >= 0.3 is 0 Å². The van der Waals surface area contributed by atoms with Crippen LogP contribution in [0.2, 0.25) is 0 Å². The van der Waals surface area contributed by atoms with Crippen molar-refractivity contribution >= 4 is 17.3 Å². The van der Waals surface area contributed by atoms with E-state index in [1.165, 1.54) is 4.80 Å². The van der Waals surface area contributed by atoms with Crippen molar-refractivity contribution in [2.24, 2.45) is 7.05 Å². The number of ketones is 1. The molecule has 0 aliphatic heterocycles. The number of Topliss-reactive ketones (excluding diaryl/α,β-unsaturated/α-hetero) is 1. The van der Waals surface area contributed by atoms with Crippen molar-refractivity contribution in [1.82, 2.24) is 29.8 Å². The molecule has 0 saturated heterocycles. The molecule has 15 heavy (non-hydrogen) atoms. The number of hydrogen-bond acceptors (Lipinski definition) is 7. The maximum Gasteiger partial charge on any atom is 0.184 e. The number of aromatic nitrogens is 6. The van der Waals surface area contributed by atoms with Crippen LogP contribution in [0.15, 0.2) is 0 Å². The summed E-state index contributed by atoms with van der Waals surface area (Å²) in [5, 5.41) is 15.1. The molecule has 0 bridgehead atoms. The van der Waals surface area contributed by atoms with E-state index < -0.39 is 0 Å². The Morgan fingerprint density at radius 3 is 2.80 bits per heavy atom. The van der Waals surface area contributed by atoms with Crippen LogP contribution < -0.4 is 0 Å². The lowest BCUT2D eigenvalue weighted by atomic mass is 10.2. The maximum atomic E-state index is 11.7. The van der Waals surface area contributed by atoms with E-state index in [1.807, 2.05) is 0 Å². The van der Waals surface area contributed by atoms with Crippen LogP contribution in [0, 0.1) is 6.92 Å². The van der Waals surface area contributed by atoms with E-state index >= 15 is 0 Å². The summed E-state index contributed by atoms with van der Waals surface area (Å²) in [4.78, 5) is 13.6. The van der Waals surface area contributed by atoms with Crippen LogP contribution in [0.5, 0.6) is 0 Å². The average Bonchev–Trinajstić information content (AvgIpc) is 2.75. The molecule has 8 heteroatoms. The highest BCUT2D eigenvalue weighted by atomic mass is 32.1. The molecule has 2 aromatic rings. The topological polar surface area (TPSA) is 86.5 Å². The summed E-state index contributed by atoms with van der Waals surface area (Å²) in [5.41, 5.74) is 0.647. The fourth-order valence-corrected chi connectivity index (χ4v) is 1.70. The summed E-state index contributed by atoms with van der Waals surface area (Å²) >= 11 is 1.09. The Morgan fingerprint density at radius 1 is 1.47 bits per heavy atom. The monoisotopic (exact) mass is 224 g/mol. The van der Waals surface area contributed by atoms with Crippen molar-refractivity contribution in [3.05, 3.63) is 16.4 Å². The van der Waals surface area contributed by atoms with E-state index in [1.54, 1.807) is 14.0 Å². The molecule has 0 aliphatic carbocycles. The molecule has 2 rings (SSSR count). The number of rotatable bonds is 3. The van der Waals surface area contributed by atoms with Gasteiger partial charge in [-0.3, -0.25) is 4.79 Å². The zero-order valence-corrected chi connectivity index (χ0v) is 9.02. The highest BCUT2D eigenvalue weighted by Gasteiger charge is 2.15. The quantitative estimate of drug-likeness (QED) is 0.671. The molecule has 0 unspecified atom stereocenters. The number of tetrazole rings is 1. The van der Waals surface area contributed by atoms with E-state index in [0.717, 1.165) is 11.5 Å². The summed E-state index contributed by atoms with van der Waals surface area (Å²) < 4.78 is 3.70. The van der Waals surface area contributed by atoms with Gasteiger partial charge in [-0.05, 0) is 23.7 Å². The molecule has 2 aromatic heterocycles. The van der Waals surface area contributed by atoms with Crippen molar-refractivity contribution in [3.8, 4) is 0 Å². The van der Waals surface area contributed by atoms with Gasteiger partial charge in [0.25, 0.3) is 0 Å². The van der Waals surface area contributed by atoms with Crippen LogP contribution in [-0.2, 0) is 13.5 Å². The molecule has 0 radical (unpaired) electrons. The van der Waals surface area contributed by atoms with Crippen LogP contribution in [0.4, 0.5) is 0 Å². The smallest absolute Gasteiger partial charge is 0.184 e. The zero-order chi connectivity index (χ0) is 10.8. The van der Waals surface area contributed by atoms with Gasteiger partial charge in [0.2, 0.25) is 0 Å². The number of aryl methyl sites for hydroxylation is 2. The van der Waals surface area contributed by atoms with Gasteiger partial charge < -0.3 is 0 Å². The second-order valence-electron chi connectivity index (χ2n) is 2.98. The summed E-state index contributed by atoms with van der Waals surface area (Å²) in [6, 6.07) is 0. The minimum atomic E-state index is -0.0736. The number of nitrogens with zero attached hydrogens (tertiary/aromatic N) is 6. The number of carbonyl (C=O) groups is 1. The van der Waals surface area contributed by atoms with E-state index in [0.29, 0.717) is 16.4 Å². The lowest BCUT2D eigenvalue weighted by molar-refractivity contribution is 0.0994. The van der Waals surface area contributed by atoms with Crippen molar-refractivity contribution in [2.75, 3.05) is 0 Å². The molecule has 0 atom stereocenters. The molecule has 0 aromatic carbocycles. The van der Waals surface area contributed by atoms with Gasteiger partial charge in [0.05, 0.1) is 19.2 Å². The van der Waals surface area contributed by atoms with Gasteiger partial charge in [0, 0.05) is 0 Å². The Labute approximate surface area is 89.3 Å². The van der Waals surface area contributed by atoms with Crippen LogP contribution in [0.25, 0.3) is 0 Å². The first-order chi connectivity index (χ1) is 7.16.